The maximum Gasteiger partial charge on any atom is 0.306 e. The summed E-state index contributed by atoms with van der Waals surface area (Å²) in [6.45, 7) is 5.40. The fraction of sp³-hybridized carbons (Fsp3) is 0.912. The molecule has 61 heavy (non-hydrogen) atoms. The number of unbranched alkanes of at least 4 members (excludes halogenated alkanes) is 41. The van der Waals surface area contributed by atoms with Crippen molar-refractivity contribution in [3.8, 4) is 0 Å². The molecule has 362 valence electrons. The van der Waals surface area contributed by atoms with E-state index in [1.54, 1.807) is 0 Å². The van der Waals surface area contributed by atoms with Gasteiger partial charge in [0, 0.05) is 13.0 Å². The molecule has 0 saturated carbocycles. The highest BCUT2D eigenvalue weighted by Crippen LogP contribution is 2.17. The van der Waals surface area contributed by atoms with Crippen LogP contribution >= 0.6 is 0 Å². The van der Waals surface area contributed by atoms with E-state index in [1.165, 1.54) is 263 Å². The van der Waals surface area contributed by atoms with Crippen LogP contribution in [0, 0.1) is 0 Å². The number of hydrogen-bond acceptors (Lipinski definition) is 4. The summed E-state index contributed by atoms with van der Waals surface area (Å²) in [6.07, 6.45) is 70.1. The molecule has 0 amide bonds. The third-order valence-corrected chi connectivity index (χ3v) is 12.8. The number of rotatable bonds is 53. The summed E-state index contributed by atoms with van der Waals surface area (Å²) >= 11 is 0. The minimum absolute atomic E-state index is 0.166. The van der Waals surface area contributed by atoms with Crippen molar-refractivity contribution in [2.24, 2.45) is 0 Å². The maximum absolute atomic E-state index is 12.3. The van der Waals surface area contributed by atoms with Crippen molar-refractivity contribution in [2.75, 3.05) is 19.8 Å². The summed E-state index contributed by atoms with van der Waals surface area (Å²) in [5.41, 5.74) is 0. The number of aliphatic hydroxyl groups is 1. The molecule has 0 aliphatic carbocycles. The Morgan fingerprint density at radius 2 is 0.689 bits per heavy atom. The normalized spacial score (nSPS) is 12.4. The van der Waals surface area contributed by atoms with E-state index in [4.69, 9.17) is 9.47 Å². The van der Waals surface area contributed by atoms with Crippen LogP contribution in [0.4, 0.5) is 0 Å². The highest BCUT2D eigenvalue weighted by molar-refractivity contribution is 5.69. The smallest absolute Gasteiger partial charge is 0.306 e. The number of ether oxygens (including phenoxy) is 2. The standard InChI is InChI=1S/C57H110O4/c1-3-5-7-9-11-13-15-17-19-21-23-25-27-28-29-31-33-35-37-39-41-43-45-47-49-51-53-60-55-56(54-58)61-57(59)52-50-48-46-44-42-40-38-36-34-32-30-26-24-22-20-18-16-14-12-10-8-6-4-2/h15,17,21,23,56,58H,3-14,16,18-20,22,24-55H2,1-2H3/b17-15-,23-21-. The molecule has 0 aromatic heterocycles. The maximum atomic E-state index is 12.3. The molecule has 1 unspecified atom stereocenters. The van der Waals surface area contributed by atoms with Crippen LogP contribution in [0.2, 0.25) is 0 Å². The molecule has 0 aliphatic rings. The highest BCUT2D eigenvalue weighted by atomic mass is 16.6. The lowest BCUT2D eigenvalue weighted by atomic mass is 10.0. The molecular formula is C57H110O4. The van der Waals surface area contributed by atoms with Crippen LogP contribution in [0.1, 0.15) is 309 Å². The number of aliphatic hydroxyl groups excluding tert-OH is 1. The van der Waals surface area contributed by atoms with Crippen molar-refractivity contribution < 1.29 is 19.4 Å². The van der Waals surface area contributed by atoms with Gasteiger partial charge in [0.25, 0.3) is 0 Å². The van der Waals surface area contributed by atoms with E-state index in [0.717, 1.165) is 25.7 Å². The lowest BCUT2D eigenvalue weighted by molar-refractivity contribution is -0.154. The van der Waals surface area contributed by atoms with Gasteiger partial charge in [-0.05, 0) is 44.9 Å². The minimum atomic E-state index is -0.531. The van der Waals surface area contributed by atoms with Gasteiger partial charge in [-0.15, -0.1) is 0 Å². The van der Waals surface area contributed by atoms with Gasteiger partial charge in [-0.3, -0.25) is 4.79 Å². The van der Waals surface area contributed by atoms with Crippen molar-refractivity contribution in [2.45, 2.75) is 315 Å². The summed E-state index contributed by atoms with van der Waals surface area (Å²) < 4.78 is 11.2. The van der Waals surface area contributed by atoms with Crippen molar-refractivity contribution >= 4 is 5.97 Å². The number of carbonyl (C=O) groups is 1. The van der Waals surface area contributed by atoms with Crippen molar-refractivity contribution in [3.05, 3.63) is 24.3 Å². The van der Waals surface area contributed by atoms with Crippen molar-refractivity contribution in [1.29, 1.82) is 0 Å². The fourth-order valence-electron chi connectivity index (χ4n) is 8.60. The summed E-state index contributed by atoms with van der Waals surface area (Å²) in [7, 11) is 0. The second kappa shape index (κ2) is 55.0. The Labute approximate surface area is 383 Å². The quantitative estimate of drug-likeness (QED) is 0.0376. The molecule has 0 spiro atoms. The van der Waals surface area contributed by atoms with E-state index >= 15 is 0 Å². The highest BCUT2D eigenvalue weighted by Gasteiger charge is 2.13. The molecule has 0 bridgehead atoms. The van der Waals surface area contributed by atoms with Crippen LogP contribution < -0.4 is 0 Å². The van der Waals surface area contributed by atoms with Crippen LogP contribution in [0.25, 0.3) is 0 Å². The Hall–Kier alpha value is -1.13. The Morgan fingerprint density at radius 1 is 0.393 bits per heavy atom. The summed E-state index contributed by atoms with van der Waals surface area (Å²) in [5, 5.41) is 9.67. The third-order valence-electron chi connectivity index (χ3n) is 12.8. The number of esters is 1. The SMILES string of the molecule is CCCCCCC/C=C\C/C=C\CCCCCCCCCCCCCCCCOCC(CO)OC(=O)CCCCCCCCCCCCCCCCCCCCCCCCC. The molecule has 0 fully saturated rings. The number of allylic oxidation sites excluding steroid dienone is 4. The molecule has 0 aromatic carbocycles. The van der Waals surface area contributed by atoms with Crippen LogP contribution in [-0.2, 0) is 14.3 Å². The predicted octanol–water partition coefficient (Wildman–Crippen LogP) is 19.0. The first kappa shape index (κ1) is 59.9. The first-order valence-corrected chi connectivity index (χ1v) is 27.9. The molecule has 0 heterocycles. The Bertz CT molecular complexity index is 867. The molecule has 0 aromatic rings. The molecule has 0 radical (unpaired) electrons. The average molecular weight is 860 g/mol. The first-order chi connectivity index (χ1) is 30.2. The van der Waals surface area contributed by atoms with E-state index < -0.39 is 6.10 Å². The topological polar surface area (TPSA) is 55.8 Å². The Kier molecular flexibility index (Phi) is 54.0. The zero-order valence-electron chi connectivity index (χ0n) is 41.7. The van der Waals surface area contributed by atoms with Gasteiger partial charge in [0.05, 0.1) is 13.2 Å². The molecule has 0 rings (SSSR count). The van der Waals surface area contributed by atoms with Crippen LogP contribution in [0.5, 0.6) is 0 Å². The van der Waals surface area contributed by atoms with E-state index in [0.29, 0.717) is 19.6 Å². The lowest BCUT2D eigenvalue weighted by Gasteiger charge is -2.16. The van der Waals surface area contributed by atoms with Crippen LogP contribution in [-0.4, -0.2) is 37.0 Å². The van der Waals surface area contributed by atoms with E-state index in [9.17, 15) is 9.90 Å². The monoisotopic (exact) mass is 859 g/mol. The second-order valence-corrected chi connectivity index (χ2v) is 19.0. The average Bonchev–Trinajstić information content (AvgIpc) is 3.27. The van der Waals surface area contributed by atoms with Gasteiger partial charge in [0.2, 0.25) is 0 Å². The summed E-state index contributed by atoms with van der Waals surface area (Å²) in [5.74, 6) is -0.192. The number of hydrogen-bond donors (Lipinski definition) is 1. The molecule has 1 N–H and O–H groups in total. The van der Waals surface area contributed by atoms with Crippen molar-refractivity contribution in [1.82, 2.24) is 0 Å². The third kappa shape index (κ3) is 53.1. The van der Waals surface area contributed by atoms with Gasteiger partial charge in [-0.2, -0.15) is 0 Å². The van der Waals surface area contributed by atoms with Gasteiger partial charge in [0.1, 0.15) is 6.10 Å². The summed E-state index contributed by atoms with van der Waals surface area (Å²) in [6, 6.07) is 0. The van der Waals surface area contributed by atoms with Crippen molar-refractivity contribution in [3.63, 3.8) is 0 Å². The van der Waals surface area contributed by atoms with Gasteiger partial charge in [-0.25, -0.2) is 0 Å². The molecule has 4 heteroatoms. The Balaban J connectivity index is 3.34. The van der Waals surface area contributed by atoms with Crippen LogP contribution in [0.3, 0.4) is 0 Å². The zero-order chi connectivity index (χ0) is 44.0. The Morgan fingerprint density at radius 3 is 1.02 bits per heavy atom. The van der Waals surface area contributed by atoms with Gasteiger partial charge in [-0.1, -0.05) is 282 Å². The molecule has 0 saturated heterocycles. The summed E-state index contributed by atoms with van der Waals surface area (Å²) in [4.78, 5) is 12.3. The lowest BCUT2D eigenvalue weighted by Crippen LogP contribution is -2.27. The number of carbonyl (C=O) groups excluding carboxylic acids is 1. The molecule has 4 nitrogen and oxygen atoms in total. The van der Waals surface area contributed by atoms with Crippen LogP contribution in [0.15, 0.2) is 24.3 Å². The molecule has 0 aliphatic heterocycles. The van der Waals surface area contributed by atoms with E-state index in [2.05, 4.69) is 38.2 Å². The van der Waals surface area contributed by atoms with E-state index in [-0.39, 0.29) is 12.6 Å². The van der Waals surface area contributed by atoms with E-state index in [1.807, 2.05) is 0 Å². The fourth-order valence-corrected chi connectivity index (χ4v) is 8.60. The predicted molar refractivity (Wildman–Crippen MR) is 270 cm³/mol. The zero-order valence-corrected chi connectivity index (χ0v) is 41.7. The van der Waals surface area contributed by atoms with Gasteiger partial charge >= 0.3 is 5.97 Å². The largest absolute Gasteiger partial charge is 0.457 e. The first-order valence-electron chi connectivity index (χ1n) is 27.9. The second-order valence-electron chi connectivity index (χ2n) is 19.0. The van der Waals surface area contributed by atoms with Gasteiger partial charge < -0.3 is 14.6 Å². The molecular weight excluding hydrogens is 749 g/mol. The molecule has 1 atom stereocenters. The van der Waals surface area contributed by atoms with Gasteiger partial charge in [0.15, 0.2) is 0 Å². The minimum Gasteiger partial charge on any atom is -0.457 e.